The van der Waals surface area contributed by atoms with Crippen LogP contribution in [0.25, 0.3) is 0 Å². The largest absolute Gasteiger partial charge is 0.367 e. The molecule has 2 heterocycles. The minimum atomic E-state index is -0.349. The lowest BCUT2D eigenvalue weighted by molar-refractivity contribution is -0.118. The Morgan fingerprint density at radius 2 is 2.35 bits per heavy atom. The summed E-state index contributed by atoms with van der Waals surface area (Å²) in [5.41, 5.74) is 0. The van der Waals surface area contributed by atoms with E-state index in [-0.39, 0.29) is 17.8 Å². The van der Waals surface area contributed by atoms with E-state index in [4.69, 9.17) is 9.26 Å². The molecule has 0 radical (unpaired) electrons. The van der Waals surface area contributed by atoms with Gasteiger partial charge in [0.05, 0.1) is 12.5 Å². The quantitative estimate of drug-likeness (QED) is 0.776. The summed E-state index contributed by atoms with van der Waals surface area (Å²) >= 11 is 0. The number of hydrogen-bond donors (Lipinski definition) is 0. The van der Waals surface area contributed by atoms with Gasteiger partial charge in [-0.2, -0.15) is 4.98 Å². The third-order valence-electron chi connectivity index (χ3n) is 3.00. The van der Waals surface area contributed by atoms with Crippen LogP contribution in [0.15, 0.2) is 4.52 Å². The van der Waals surface area contributed by atoms with E-state index in [0.717, 1.165) is 13.1 Å². The lowest BCUT2D eigenvalue weighted by atomic mass is 10.1. The topological polar surface area (TPSA) is 68.5 Å². The molecule has 1 aromatic heterocycles. The minimum absolute atomic E-state index is 0.0156. The molecule has 2 rings (SSSR count). The van der Waals surface area contributed by atoms with Gasteiger partial charge in [0.1, 0.15) is 11.9 Å². The average molecular weight is 239 g/mol. The molecule has 1 aromatic rings. The second-order valence-corrected chi connectivity index (χ2v) is 4.44. The summed E-state index contributed by atoms with van der Waals surface area (Å²) in [6, 6.07) is 0. The molecule has 1 aliphatic rings. The van der Waals surface area contributed by atoms with E-state index in [1.54, 1.807) is 6.92 Å². The van der Waals surface area contributed by atoms with Crippen molar-refractivity contribution in [3.63, 3.8) is 0 Å². The summed E-state index contributed by atoms with van der Waals surface area (Å²) in [6.45, 7) is 5.58. The fourth-order valence-corrected chi connectivity index (χ4v) is 1.66. The Balaban J connectivity index is 2.09. The second-order valence-electron chi connectivity index (χ2n) is 4.44. The van der Waals surface area contributed by atoms with Gasteiger partial charge in [-0.1, -0.05) is 5.16 Å². The number of ether oxygens (including phenoxy) is 1. The first-order chi connectivity index (χ1) is 8.08. The molecule has 2 atom stereocenters. The number of nitrogens with zero attached hydrogens (tertiary/aromatic N) is 3. The molecule has 94 valence electrons. The van der Waals surface area contributed by atoms with Gasteiger partial charge < -0.3 is 14.2 Å². The van der Waals surface area contributed by atoms with Crippen molar-refractivity contribution in [2.45, 2.75) is 25.9 Å². The maximum atomic E-state index is 11.2. The monoisotopic (exact) mass is 239 g/mol. The Morgan fingerprint density at radius 3 is 3.00 bits per heavy atom. The van der Waals surface area contributed by atoms with Crippen molar-refractivity contribution >= 4 is 5.78 Å². The molecule has 17 heavy (non-hydrogen) atoms. The van der Waals surface area contributed by atoms with Gasteiger partial charge >= 0.3 is 0 Å². The lowest BCUT2D eigenvalue weighted by Crippen LogP contribution is -2.35. The van der Waals surface area contributed by atoms with E-state index in [0.29, 0.717) is 18.3 Å². The zero-order valence-electron chi connectivity index (χ0n) is 10.3. The molecule has 6 nitrogen and oxygen atoms in total. The first kappa shape index (κ1) is 12.2. The molecule has 0 aliphatic carbocycles. The van der Waals surface area contributed by atoms with E-state index < -0.39 is 0 Å². The number of carbonyl (C=O) groups is 1. The van der Waals surface area contributed by atoms with Crippen molar-refractivity contribution in [2.75, 3.05) is 26.7 Å². The average Bonchev–Trinajstić information content (AvgIpc) is 2.77. The summed E-state index contributed by atoms with van der Waals surface area (Å²) < 4.78 is 10.7. The number of aromatic nitrogens is 2. The normalized spacial score (nSPS) is 23.6. The van der Waals surface area contributed by atoms with Crippen molar-refractivity contribution in [1.29, 1.82) is 0 Å². The highest BCUT2D eigenvalue weighted by Crippen LogP contribution is 2.21. The van der Waals surface area contributed by atoms with Crippen molar-refractivity contribution in [3.05, 3.63) is 11.7 Å². The Labute approximate surface area is 99.9 Å². The Kier molecular flexibility index (Phi) is 3.54. The van der Waals surface area contributed by atoms with Gasteiger partial charge in [-0.3, -0.25) is 4.79 Å². The molecule has 0 amide bonds. The van der Waals surface area contributed by atoms with Crippen LogP contribution in [0.4, 0.5) is 0 Å². The molecule has 0 saturated carbocycles. The van der Waals surface area contributed by atoms with Crippen LogP contribution < -0.4 is 0 Å². The number of likely N-dealkylation sites (N-methyl/N-ethyl adjacent to an activating group) is 1. The molecule has 6 heteroatoms. The maximum Gasteiger partial charge on any atom is 0.237 e. The first-order valence-electron chi connectivity index (χ1n) is 5.72. The zero-order valence-corrected chi connectivity index (χ0v) is 10.3. The third kappa shape index (κ3) is 2.70. The standard InChI is InChI=1S/C11H17N3O3/c1-7(8(2)15)11-12-10(13-17-11)9-6-14(3)4-5-16-9/h7,9H,4-6H2,1-3H3. The third-order valence-corrected chi connectivity index (χ3v) is 3.00. The highest BCUT2D eigenvalue weighted by molar-refractivity contribution is 5.81. The zero-order chi connectivity index (χ0) is 12.4. The SMILES string of the molecule is CC(=O)C(C)c1nc(C2CN(C)CCO2)no1. The number of hydrogen-bond acceptors (Lipinski definition) is 6. The van der Waals surface area contributed by atoms with Crippen molar-refractivity contribution in [1.82, 2.24) is 15.0 Å². The summed E-state index contributed by atoms with van der Waals surface area (Å²) in [5, 5.41) is 3.89. The summed E-state index contributed by atoms with van der Waals surface area (Å²) in [4.78, 5) is 17.6. The molecular weight excluding hydrogens is 222 g/mol. The maximum absolute atomic E-state index is 11.2. The van der Waals surface area contributed by atoms with Crippen molar-refractivity contribution in [3.8, 4) is 0 Å². The molecule has 0 aromatic carbocycles. The highest BCUT2D eigenvalue weighted by atomic mass is 16.5. The van der Waals surface area contributed by atoms with Crippen LogP contribution in [0.5, 0.6) is 0 Å². The van der Waals surface area contributed by atoms with Crippen LogP contribution in [0.3, 0.4) is 0 Å². The molecule has 1 aliphatic heterocycles. The van der Waals surface area contributed by atoms with Gasteiger partial charge in [-0.25, -0.2) is 0 Å². The van der Waals surface area contributed by atoms with Crippen LogP contribution in [0.2, 0.25) is 0 Å². The lowest BCUT2D eigenvalue weighted by Gasteiger charge is -2.27. The molecule has 0 spiro atoms. The van der Waals surface area contributed by atoms with Crippen LogP contribution in [-0.4, -0.2) is 47.6 Å². The molecule has 1 fully saturated rings. The van der Waals surface area contributed by atoms with Gasteiger partial charge in [-0.05, 0) is 20.9 Å². The fourth-order valence-electron chi connectivity index (χ4n) is 1.66. The molecule has 0 N–H and O–H groups in total. The Hall–Kier alpha value is -1.27. The molecule has 2 unspecified atom stereocenters. The van der Waals surface area contributed by atoms with Gasteiger partial charge in [0.25, 0.3) is 0 Å². The van der Waals surface area contributed by atoms with Crippen LogP contribution in [-0.2, 0) is 9.53 Å². The molecule has 1 saturated heterocycles. The van der Waals surface area contributed by atoms with Gasteiger partial charge in [-0.15, -0.1) is 0 Å². The predicted molar refractivity (Wildman–Crippen MR) is 59.6 cm³/mol. The highest BCUT2D eigenvalue weighted by Gasteiger charge is 2.26. The first-order valence-corrected chi connectivity index (χ1v) is 5.72. The Bertz CT molecular complexity index is 404. The van der Waals surface area contributed by atoms with E-state index >= 15 is 0 Å². The fraction of sp³-hybridized carbons (Fsp3) is 0.727. The number of morpholine rings is 1. The van der Waals surface area contributed by atoms with Gasteiger partial charge in [0.2, 0.25) is 11.7 Å². The number of rotatable bonds is 3. The summed E-state index contributed by atoms with van der Waals surface area (Å²) in [5.74, 6) is 0.559. The Morgan fingerprint density at radius 1 is 1.59 bits per heavy atom. The minimum Gasteiger partial charge on any atom is -0.367 e. The summed E-state index contributed by atoms with van der Waals surface area (Å²) in [7, 11) is 2.02. The van der Waals surface area contributed by atoms with E-state index in [2.05, 4.69) is 15.0 Å². The smallest absolute Gasteiger partial charge is 0.237 e. The van der Waals surface area contributed by atoms with Crippen LogP contribution in [0, 0.1) is 0 Å². The number of ketones is 1. The van der Waals surface area contributed by atoms with Crippen molar-refractivity contribution in [2.24, 2.45) is 0 Å². The number of carbonyl (C=O) groups excluding carboxylic acids is 1. The second kappa shape index (κ2) is 4.93. The van der Waals surface area contributed by atoms with E-state index in [1.165, 1.54) is 6.92 Å². The van der Waals surface area contributed by atoms with Gasteiger partial charge in [0.15, 0.2) is 0 Å². The van der Waals surface area contributed by atoms with Crippen molar-refractivity contribution < 1.29 is 14.1 Å². The van der Waals surface area contributed by atoms with E-state index in [1.807, 2.05) is 7.05 Å². The molecule has 0 bridgehead atoms. The summed E-state index contributed by atoms with van der Waals surface area (Å²) in [6.07, 6.45) is -0.162. The predicted octanol–water partition coefficient (Wildman–Crippen LogP) is 0.765. The van der Waals surface area contributed by atoms with Crippen LogP contribution >= 0.6 is 0 Å². The molecular formula is C11H17N3O3. The van der Waals surface area contributed by atoms with E-state index in [9.17, 15) is 4.79 Å². The number of Topliss-reactive ketones (excluding diaryl/α,β-unsaturated/α-hetero) is 1. The van der Waals surface area contributed by atoms with Gasteiger partial charge in [0, 0.05) is 13.1 Å². The van der Waals surface area contributed by atoms with Crippen LogP contribution in [0.1, 0.15) is 37.6 Å².